The van der Waals surface area contributed by atoms with Crippen LogP contribution in [0.2, 0.25) is 0 Å². The number of hydrogen-bond acceptors (Lipinski definition) is 5. The molecule has 0 atom stereocenters. The molecule has 0 amide bonds. The highest BCUT2D eigenvalue weighted by atomic mass is 16.5. The third kappa shape index (κ3) is 4.51. The minimum atomic E-state index is -0.384. The molecule has 0 aliphatic rings. The third-order valence-electron chi connectivity index (χ3n) is 7.31. The predicted molar refractivity (Wildman–Crippen MR) is 159 cm³/mol. The lowest BCUT2D eigenvalue weighted by Crippen LogP contribution is -2.06. The fourth-order valence-electron chi connectivity index (χ4n) is 5.41. The molecule has 0 radical (unpaired) electrons. The minimum absolute atomic E-state index is 0.384. The quantitative estimate of drug-likeness (QED) is 0.213. The standard InChI is InChI=1S/C34H30N4O2/c1-5-30-37-31-21(2)17-22(3)35-33(31)38(30)20-23-15-16-29-25(18-23)19-28(24-11-7-6-8-12-24)32(36-29)26-13-9-10-14-27(26)34(39)40-4/h6-19H,5,20H2,1-4H3. The van der Waals surface area contributed by atoms with E-state index in [-0.39, 0.29) is 5.97 Å². The van der Waals surface area contributed by atoms with Crippen LogP contribution in [0.1, 0.15) is 39.9 Å². The van der Waals surface area contributed by atoms with E-state index < -0.39 is 0 Å². The third-order valence-corrected chi connectivity index (χ3v) is 7.31. The van der Waals surface area contributed by atoms with Gasteiger partial charge in [0.25, 0.3) is 0 Å². The Morgan fingerprint density at radius 2 is 1.62 bits per heavy atom. The summed E-state index contributed by atoms with van der Waals surface area (Å²) in [5.74, 6) is 0.638. The number of rotatable bonds is 6. The maximum atomic E-state index is 12.6. The van der Waals surface area contributed by atoms with Crippen LogP contribution in [0.15, 0.2) is 84.9 Å². The molecule has 3 heterocycles. The lowest BCUT2D eigenvalue weighted by Gasteiger charge is -2.15. The maximum absolute atomic E-state index is 12.6. The van der Waals surface area contributed by atoms with Crippen molar-refractivity contribution >= 4 is 28.0 Å². The van der Waals surface area contributed by atoms with Crippen molar-refractivity contribution in [3.63, 3.8) is 0 Å². The summed E-state index contributed by atoms with van der Waals surface area (Å²) in [6, 6.07) is 28.2. The van der Waals surface area contributed by atoms with E-state index in [4.69, 9.17) is 19.7 Å². The van der Waals surface area contributed by atoms with Crippen LogP contribution in [0.3, 0.4) is 0 Å². The summed E-state index contributed by atoms with van der Waals surface area (Å²) in [4.78, 5) is 27.5. The molecule has 0 bridgehead atoms. The summed E-state index contributed by atoms with van der Waals surface area (Å²) in [7, 11) is 1.40. The molecule has 6 aromatic rings. The first-order chi connectivity index (χ1) is 19.5. The molecule has 0 fully saturated rings. The minimum Gasteiger partial charge on any atom is -0.465 e. The molecule has 6 heteroatoms. The predicted octanol–water partition coefficient (Wildman–Crippen LogP) is 7.33. The van der Waals surface area contributed by atoms with Gasteiger partial charge in [-0.15, -0.1) is 0 Å². The Labute approximate surface area is 233 Å². The molecule has 3 aromatic heterocycles. The highest BCUT2D eigenvalue weighted by Gasteiger charge is 2.19. The Hall–Kier alpha value is -4.84. The Bertz CT molecular complexity index is 1890. The van der Waals surface area contributed by atoms with Crippen LogP contribution in [0.5, 0.6) is 0 Å². The summed E-state index contributed by atoms with van der Waals surface area (Å²) >= 11 is 0. The van der Waals surface area contributed by atoms with E-state index in [2.05, 4.69) is 60.9 Å². The molecular formula is C34H30N4O2. The Balaban J connectivity index is 1.51. The monoisotopic (exact) mass is 526 g/mol. The fraction of sp³-hybridized carbons (Fsp3) is 0.176. The van der Waals surface area contributed by atoms with Crippen molar-refractivity contribution in [2.75, 3.05) is 7.11 Å². The van der Waals surface area contributed by atoms with E-state index in [9.17, 15) is 4.79 Å². The van der Waals surface area contributed by atoms with Crippen LogP contribution in [0, 0.1) is 13.8 Å². The zero-order valence-corrected chi connectivity index (χ0v) is 23.1. The Morgan fingerprint density at radius 3 is 2.40 bits per heavy atom. The number of esters is 1. The van der Waals surface area contributed by atoms with Crippen LogP contribution in [0.25, 0.3) is 44.5 Å². The van der Waals surface area contributed by atoms with E-state index in [0.29, 0.717) is 12.1 Å². The molecule has 40 heavy (non-hydrogen) atoms. The van der Waals surface area contributed by atoms with Crippen LogP contribution >= 0.6 is 0 Å². The summed E-state index contributed by atoms with van der Waals surface area (Å²) in [5.41, 5.74) is 9.98. The molecule has 6 rings (SSSR count). The molecule has 0 aliphatic carbocycles. The van der Waals surface area contributed by atoms with Gasteiger partial charge in [-0.25, -0.2) is 19.7 Å². The van der Waals surface area contributed by atoms with Gasteiger partial charge in [-0.1, -0.05) is 61.5 Å². The number of aryl methyl sites for hydroxylation is 3. The van der Waals surface area contributed by atoms with E-state index >= 15 is 0 Å². The smallest absolute Gasteiger partial charge is 0.338 e. The van der Waals surface area contributed by atoms with Gasteiger partial charge in [0.15, 0.2) is 5.65 Å². The van der Waals surface area contributed by atoms with Crippen molar-refractivity contribution < 1.29 is 9.53 Å². The van der Waals surface area contributed by atoms with Crippen molar-refractivity contribution in [3.05, 3.63) is 113 Å². The fourth-order valence-corrected chi connectivity index (χ4v) is 5.41. The number of aromatic nitrogens is 4. The second-order valence-corrected chi connectivity index (χ2v) is 10.0. The summed E-state index contributed by atoms with van der Waals surface area (Å²) in [5, 5.41) is 1.03. The number of carbonyl (C=O) groups is 1. The normalized spacial score (nSPS) is 11.3. The van der Waals surface area contributed by atoms with Gasteiger partial charge in [-0.3, -0.25) is 0 Å². The highest BCUT2D eigenvalue weighted by molar-refractivity contribution is 6.01. The molecule has 0 unspecified atom stereocenters. The first-order valence-electron chi connectivity index (χ1n) is 13.5. The highest BCUT2D eigenvalue weighted by Crippen LogP contribution is 2.35. The van der Waals surface area contributed by atoms with Crippen LogP contribution in [-0.2, 0) is 17.7 Å². The molecule has 0 saturated carbocycles. The SMILES string of the molecule is CCc1nc2c(C)cc(C)nc2n1Cc1ccc2nc(-c3ccccc3C(=O)OC)c(-c3ccccc3)cc2c1. The summed E-state index contributed by atoms with van der Waals surface area (Å²) in [6.45, 7) is 6.91. The zero-order chi connectivity index (χ0) is 27.8. The zero-order valence-electron chi connectivity index (χ0n) is 23.1. The number of imidazole rings is 1. The number of ether oxygens (including phenoxy) is 1. The first kappa shape index (κ1) is 25.4. The number of pyridine rings is 2. The second kappa shape index (κ2) is 10.4. The molecule has 0 aliphatic heterocycles. The number of benzene rings is 3. The second-order valence-electron chi connectivity index (χ2n) is 10.0. The van der Waals surface area contributed by atoms with Gasteiger partial charge in [-0.2, -0.15) is 0 Å². The van der Waals surface area contributed by atoms with E-state index in [1.807, 2.05) is 43.3 Å². The van der Waals surface area contributed by atoms with Gasteiger partial charge < -0.3 is 9.30 Å². The maximum Gasteiger partial charge on any atom is 0.338 e. The number of hydrogen-bond donors (Lipinski definition) is 0. The van der Waals surface area contributed by atoms with Crippen LogP contribution < -0.4 is 0 Å². The number of fused-ring (bicyclic) bond motifs is 2. The molecule has 0 saturated heterocycles. The topological polar surface area (TPSA) is 69.9 Å². The van der Waals surface area contributed by atoms with Crippen LogP contribution in [-0.4, -0.2) is 32.6 Å². The van der Waals surface area contributed by atoms with Crippen molar-refractivity contribution in [1.82, 2.24) is 19.5 Å². The average Bonchev–Trinajstić information content (AvgIpc) is 3.33. The van der Waals surface area contributed by atoms with Gasteiger partial charge in [0, 0.05) is 28.6 Å². The first-order valence-corrected chi connectivity index (χ1v) is 13.5. The summed E-state index contributed by atoms with van der Waals surface area (Å²) in [6.07, 6.45) is 0.825. The largest absolute Gasteiger partial charge is 0.465 e. The number of methoxy groups -OCH3 is 1. The van der Waals surface area contributed by atoms with Gasteiger partial charge in [0.1, 0.15) is 11.3 Å². The average molecular weight is 527 g/mol. The molecule has 0 spiro atoms. The van der Waals surface area contributed by atoms with Gasteiger partial charge in [-0.05, 0) is 60.9 Å². The number of nitrogens with zero attached hydrogens (tertiary/aromatic N) is 4. The van der Waals surface area contributed by atoms with Gasteiger partial charge in [0.05, 0.1) is 30.4 Å². The van der Waals surface area contributed by atoms with Gasteiger partial charge >= 0.3 is 5.97 Å². The van der Waals surface area contributed by atoms with Gasteiger partial charge in [0.2, 0.25) is 0 Å². The van der Waals surface area contributed by atoms with Crippen LogP contribution in [0.4, 0.5) is 0 Å². The molecule has 3 aromatic carbocycles. The molecule has 198 valence electrons. The lowest BCUT2D eigenvalue weighted by atomic mass is 9.94. The number of carbonyl (C=O) groups excluding carboxylic acids is 1. The van der Waals surface area contributed by atoms with E-state index in [0.717, 1.165) is 73.5 Å². The molecule has 6 nitrogen and oxygen atoms in total. The van der Waals surface area contributed by atoms with E-state index in [1.165, 1.54) is 7.11 Å². The Kier molecular flexibility index (Phi) is 6.60. The summed E-state index contributed by atoms with van der Waals surface area (Å²) < 4.78 is 7.31. The van der Waals surface area contributed by atoms with Crippen molar-refractivity contribution in [2.45, 2.75) is 33.7 Å². The lowest BCUT2D eigenvalue weighted by molar-refractivity contribution is 0.0601. The molecule has 0 N–H and O–H groups in total. The van der Waals surface area contributed by atoms with E-state index in [1.54, 1.807) is 6.07 Å². The van der Waals surface area contributed by atoms with Crippen molar-refractivity contribution in [1.29, 1.82) is 0 Å². The van der Waals surface area contributed by atoms with Crippen molar-refractivity contribution in [3.8, 4) is 22.4 Å². The Morgan fingerprint density at radius 1 is 0.850 bits per heavy atom. The molecular weight excluding hydrogens is 496 g/mol. The van der Waals surface area contributed by atoms with Crippen molar-refractivity contribution in [2.24, 2.45) is 0 Å².